The molecule has 0 unspecified atom stereocenters. The summed E-state index contributed by atoms with van der Waals surface area (Å²) in [6, 6.07) is -1.93. The van der Waals surface area contributed by atoms with Crippen LogP contribution in [0.3, 0.4) is 0 Å². The number of amides is 2. The molecule has 0 saturated heterocycles. The van der Waals surface area contributed by atoms with Gasteiger partial charge in [-0.25, -0.2) is 22.7 Å². The maximum absolute atomic E-state index is 11.2. The van der Waals surface area contributed by atoms with Gasteiger partial charge >= 0.3 is 12.0 Å². The topological polar surface area (TPSA) is 145 Å². The van der Waals surface area contributed by atoms with Crippen LogP contribution in [-0.4, -0.2) is 62.6 Å². The molecule has 0 aliphatic carbocycles. The van der Waals surface area contributed by atoms with Crippen molar-refractivity contribution >= 4 is 22.0 Å². The van der Waals surface area contributed by atoms with Crippen LogP contribution in [0.2, 0.25) is 0 Å². The minimum atomic E-state index is -3.32. The number of hydrogen-bond acceptors (Lipinski definition) is 5. The van der Waals surface area contributed by atoms with Gasteiger partial charge in [-0.05, 0) is 0 Å². The standard InChI is InChI=1S/C8H17N3O6S/c1-18(16,17)10-4-3-9-8(15)11-6(2-5-12)7(13)14/h6,10,12H,2-5H2,1H3,(H,13,14)(H2,9,11,15)/t6-/m1/s1. The Morgan fingerprint density at radius 1 is 1.28 bits per heavy atom. The van der Waals surface area contributed by atoms with Crippen molar-refractivity contribution in [1.29, 1.82) is 0 Å². The van der Waals surface area contributed by atoms with E-state index in [2.05, 4.69) is 15.4 Å². The van der Waals surface area contributed by atoms with E-state index in [1.807, 2.05) is 0 Å². The molecule has 0 fully saturated rings. The molecule has 1 atom stereocenters. The third-order valence-corrected chi connectivity index (χ3v) is 2.52. The first-order valence-corrected chi connectivity index (χ1v) is 6.98. The number of carboxylic acid groups (broad SMARTS) is 1. The van der Waals surface area contributed by atoms with Gasteiger partial charge in [0, 0.05) is 26.1 Å². The molecule has 9 nitrogen and oxygen atoms in total. The van der Waals surface area contributed by atoms with Crippen molar-refractivity contribution in [3.05, 3.63) is 0 Å². The van der Waals surface area contributed by atoms with E-state index in [1.165, 1.54) is 0 Å². The Morgan fingerprint density at radius 2 is 1.89 bits per heavy atom. The molecule has 0 bridgehead atoms. The van der Waals surface area contributed by atoms with E-state index in [4.69, 9.17) is 10.2 Å². The van der Waals surface area contributed by atoms with Crippen molar-refractivity contribution in [2.45, 2.75) is 12.5 Å². The van der Waals surface area contributed by atoms with E-state index >= 15 is 0 Å². The Morgan fingerprint density at radius 3 is 2.33 bits per heavy atom. The first-order chi connectivity index (χ1) is 8.26. The number of sulfonamides is 1. The molecule has 0 rings (SSSR count). The average molecular weight is 283 g/mol. The van der Waals surface area contributed by atoms with E-state index in [-0.39, 0.29) is 26.1 Å². The number of nitrogens with one attached hydrogen (secondary N) is 3. The largest absolute Gasteiger partial charge is 0.480 e. The molecule has 0 spiro atoms. The number of carboxylic acids is 1. The average Bonchev–Trinajstić information content (AvgIpc) is 2.22. The number of aliphatic carboxylic acids is 1. The van der Waals surface area contributed by atoms with Crippen molar-refractivity contribution < 1.29 is 28.2 Å². The van der Waals surface area contributed by atoms with Crippen LogP contribution < -0.4 is 15.4 Å². The highest BCUT2D eigenvalue weighted by atomic mass is 32.2. The molecular formula is C8H17N3O6S. The highest BCUT2D eigenvalue weighted by molar-refractivity contribution is 7.88. The van der Waals surface area contributed by atoms with E-state index in [9.17, 15) is 18.0 Å². The molecule has 0 radical (unpaired) electrons. The normalized spacial score (nSPS) is 12.8. The zero-order valence-electron chi connectivity index (χ0n) is 9.84. The lowest BCUT2D eigenvalue weighted by Gasteiger charge is -2.13. The summed E-state index contributed by atoms with van der Waals surface area (Å²) in [5.41, 5.74) is 0. The van der Waals surface area contributed by atoms with Crippen LogP contribution in [0.1, 0.15) is 6.42 Å². The fourth-order valence-electron chi connectivity index (χ4n) is 1.01. The molecule has 10 heteroatoms. The second-order valence-electron chi connectivity index (χ2n) is 3.47. The number of rotatable bonds is 8. The number of hydrogen-bond donors (Lipinski definition) is 5. The van der Waals surface area contributed by atoms with Gasteiger partial charge in [-0.15, -0.1) is 0 Å². The van der Waals surface area contributed by atoms with E-state index in [1.54, 1.807) is 0 Å². The first kappa shape index (κ1) is 16.6. The Labute approximate surface area is 105 Å². The summed E-state index contributed by atoms with van der Waals surface area (Å²) < 4.78 is 23.5. The molecule has 0 aromatic carbocycles. The van der Waals surface area contributed by atoms with Crippen molar-refractivity contribution in [3.8, 4) is 0 Å². The summed E-state index contributed by atoms with van der Waals surface area (Å²) in [7, 11) is -3.32. The minimum Gasteiger partial charge on any atom is -0.480 e. The third kappa shape index (κ3) is 8.73. The van der Waals surface area contributed by atoms with Gasteiger partial charge in [0.2, 0.25) is 10.0 Å². The summed E-state index contributed by atoms with van der Waals surface area (Å²) in [5, 5.41) is 21.7. The third-order valence-electron chi connectivity index (χ3n) is 1.80. The van der Waals surface area contributed by atoms with Gasteiger partial charge < -0.3 is 20.8 Å². The van der Waals surface area contributed by atoms with Crippen molar-refractivity contribution in [1.82, 2.24) is 15.4 Å². The van der Waals surface area contributed by atoms with Crippen LogP contribution in [0.25, 0.3) is 0 Å². The van der Waals surface area contributed by atoms with Gasteiger partial charge in [0.15, 0.2) is 0 Å². The van der Waals surface area contributed by atoms with Gasteiger partial charge in [0.25, 0.3) is 0 Å². The summed E-state index contributed by atoms with van der Waals surface area (Å²) in [4.78, 5) is 21.9. The molecule has 2 amide bonds. The molecule has 18 heavy (non-hydrogen) atoms. The lowest BCUT2D eigenvalue weighted by atomic mass is 10.2. The van der Waals surface area contributed by atoms with E-state index in [0.29, 0.717) is 0 Å². The predicted molar refractivity (Wildman–Crippen MR) is 62.5 cm³/mol. The fourth-order valence-corrected chi connectivity index (χ4v) is 1.48. The monoisotopic (exact) mass is 283 g/mol. The quantitative estimate of drug-likeness (QED) is 0.316. The van der Waals surface area contributed by atoms with Crippen molar-refractivity contribution in [3.63, 3.8) is 0 Å². The van der Waals surface area contributed by atoms with Crippen molar-refractivity contribution in [2.24, 2.45) is 0 Å². The minimum absolute atomic E-state index is 0.00396. The predicted octanol–water partition coefficient (Wildman–Crippen LogP) is -2.33. The first-order valence-electron chi connectivity index (χ1n) is 5.09. The molecule has 106 valence electrons. The number of carbonyl (C=O) groups excluding carboxylic acids is 1. The van der Waals surface area contributed by atoms with Crippen LogP contribution in [-0.2, 0) is 14.8 Å². The zero-order chi connectivity index (χ0) is 14.2. The Balaban J connectivity index is 3.92. The SMILES string of the molecule is CS(=O)(=O)NCCNC(=O)N[C@H](CCO)C(=O)O. The molecule has 0 aromatic heterocycles. The fraction of sp³-hybridized carbons (Fsp3) is 0.750. The lowest BCUT2D eigenvalue weighted by molar-refractivity contribution is -0.139. The van der Waals surface area contributed by atoms with Gasteiger partial charge in [-0.1, -0.05) is 0 Å². The van der Waals surface area contributed by atoms with E-state index < -0.39 is 28.1 Å². The number of aliphatic hydroxyl groups is 1. The van der Waals surface area contributed by atoms with Crippen LogP contribution in [0.4, 0.5) is 4.79 Å². The van der Waals surface area contributed by atoms with Gasteiger partial charge in [0.1, 0.15) is 6.04 Å². The molecular weight excluding hydrogens is 266 g/mol. The van der Waals surface area contributed by atoms with Crippen LogP contribution >= 0.6 is 0 Å². The Hall–Kier alpha value is -1.39. The van der Waals surface area contributed by atoms with Crippen LogP contribution in [0.5, 0.6) is 0 Å². The summed E-state index contributed by atoms with van der Waals surface area (Å²) in [6.45, 7) is -0.346. The number of aliphatic hydroxyl groups excluding tert-OH is 1. The summed E-state index contributed by atoms with van der Waals surface area (Å²) >= 11 is 0. The molecule has 5 N–H and O–H groups in total. The molecule has 0 aliphatic heterocycles. The van der Waals surface area contributed by atoms with Crippen LogP contribution in [0.15, 0.2) is 0 Å². The summed E-state index contributed by atoms with van der Waals surface area (Å²) in [5.74, 6) is -1.26. The van der Waals surface area contributed by atoms with Gasteiger partial charge in [-0.3, -0.25) is 0 Å². The van der Waals surface area contributed by atoms with Gasteiger partial charge in [0.05, 0.1) is 6.26 Å². The highest BCUT2D eigenvalue weighted by Crippen LogP contribution is 1.90. The van der Waals surface area contributed by atoms with E-state index in [0.717, 1.165) is 6.26 Å². The second-order valence-corrected chi connectivity index (χ2v) is 5.30. The van der Waals surface area contributed by atoms with Gasteiger partial charge in [-0.2, -0.15) is 0 Å². The summed E-state index contributed by atoms with van der Waals surface area (Å²) in [6.07, 6.45) is 0.874. The number of carbonyl (C=O) groups is 2. The Bertz CT molecular complexity index is 382. The van der Waals surface area contributed by atoms with Crippen molar-refractivity contribution in [2.75, 3.05) is 26.0 Å². The Kier molecular flexibility index (Phi) is 7.24. The maximum Gasteiger partial charge on any atom is 0.326 e. The highest BCUT2D eigenvalue weighted by Gasteiger charge is 2.18. The molecule has 0 aromatic rings. The molecule has 0 aliphatic rings. The van der Waals surface area contributed by atoms with Crippen LogP contribution in [0, 0.1) is 0 Å². The second kappa shape index (κ2) is 7.84. The maximum atomic E-state index is 11.2. The molecule has 0 saturated carbocycles. The zero-order valence-corrected chi connectivity index (χ0v) is 10.7. The number of urea groups is 1. The lowest BCUT2D eigenvalue weighted by Crippen LogP contribution is -2.47. The molecule has 0 heterocycles. The smallest absolute Gasteiger partial charge is 0.326 e.